The summed E-state index contributed by atoms with van der Waals surface area (Å²) >= 11 is 0. The van der Waals surface area contributed by atoms with Crippen molar-refractivity contribution >= 4 is 17.9 Å². The van der Waals surface area contributed by atoms with Gasteiger partial charge in [0.25, 0.3) is 0 Å². The summed E-state index contributed by atoms with van der Waals surface area (Å²) in [4.78, 5) is 37.4. The number of hydrogen-bond acceptors (Lipinski definition) is 6. The van der Waals surface area contributed by atoms with Crippen LogP contribution >= 0.6 is 0 Å². The van der Waals surface area contributed by atoms with Gasteiger partial charge >= 0.3 is 17.8 Å². The molecule has 0 aliphatic rings. The molecule has 0 unspecified atom stereocenters. The van der Waals surface area contributed by atoms with Gasteiger partial charge in [0.2, 0.25) is 0 Å². The van der Waals surface area contributed by atoms with Crippen LogP contribution in [0.3, 0.4) is 0 Å². The number of nitrogens with one attached hydrogen (secondary N) is 1. The van der Waals surface area contributed by atoms with Gasteiger partial charge in [-0.05, 0) is 23.8 Å². The van der Waals surface area contributed by atoms with Gasteiger partial charge in [0.05, 0.1) is 7.11 Å². The van der Waals surface area contributed by atoms with Gasteiger partial charge in [0, 0.05) is 6.20 Å². The molecule has 0 aliphatic heterocycles. The lowest BCUT2D eigenvalue weighted by atomic mass is 10.2. The second-order valence-electron chi connectivity index (χ2n) is 4.67. The van der Waals surface area contributed by atoms with E-state index in [1.165, 1.54) is 12.3 Å². The number of carboxylic acid groups (broad SMARTS) is 1. The summed E-state index contributed by atoms with van der Waals surface area (Å²) in [5, 5.41) is 10.9. The summed E-state index contributed by atoms with van der Waals surface area (Å²) in [7, 11) is 1.55. The largest absolute Gasteiger partial charge is 0.497 e. The molecule has 9 heteroatoms. The molecule has 0 bridgehead atoms. The van der Waals surface area contributed by atoms with Crippen LogP contribution in [0, 0.1) is 0 Å². The lowest BCUT2D eigenvalue weighted by Gasteiger charge is -2.08. The molecule has 1 amide bonds. The maximum absolute atomic E-state index is 11.7. The Morgan fingerprint density at radius 1 is 1.25 bits per heavy atom. The molecular weight excluding hydrogens is 318 g/mol. The Balaban J connectivity index is 1.90. The summed E-state index contributed by atoms with van der Waals surface area (Å²) in [6, 6.07) is 8.27. The van der Waals surface area contributed by atoms with Crippen LogP contribution in [-0.4, -0.2) is 33.8 Å². The number of carbonyl (C=O) groups is 2. The zero-order valence-electron chi connectivity index (χ0n) is 12.8. The molecule has 9 nitrogen and oxygen atoms in total. The van der Waals surface area contributed by atoms with Crippen LogP contribution in [-0.2, 0) is 22.7 Å². The highest BCUT2D eigenvalue weighted by Gasteiger charge is 2.08. The minimum Gasteiger partial charge on any atom is -0.497 e. The highest BCUT2D eigenvalue weighted by atomic mass is 16.5. The van der Waals surface area contributed by atoms with Gasteiger partial charge in [-0.2, -0.15) is 4.98 Å². The van der Waals surface area contributed by atoms with E-state index in [1.54, 1.807) is 31.4 Å². The van der Waals surface area contributed by atoms with Crippen molar-refractivity contribution in [3.63, 3.8) is 0 Å². The topological polar surface area (TPSA) is 120 Å². The highest BCUT2D eigenvalue weighted by Crippen LogP contribution is 2.12. The van der Waals surface area contributed by atoms with E-state index in [4.69, 9.17) is 14.6 Å². The molecule has 126 valence electrons. The first-order chi connectivity index (χ1) is 11.5. The monoisotopic (exact) mass is 333 g/mol. The first-order valence-corrected chi connectivity index (χ1v) is 6.84. The van der Waals surface area contributed by atoms with Crippen LogP contribution in [0.5, 0.6) is 5.75 Å². The quantitative estimate of drug-likeness (QED) is 0.811. The van der Waals surface area contributed by atoms with Gasteiger partial charge in [-0.3, -0.25) is 14.7 Å². The van der Waals surface area contributed by atoms with Gasteiger partial charge in [0.15, 0.2) is 0 Å². The summed E-state index contributed by atoms with van der Waals surface area (Å²) < 4.78 is 10.9. The zero-order chi connectivity index (χ0) is 17.5. The van der Waals surface area contributed by atoms with Crippen molar-refractivity contribution in [3.05, 3.63) is 52.6 Å². The minimum atomic E-state index is -1.17. The number of benzene rings is 1. The van der Waals surface area contributed by atoms with Gasteiger partial charge < -0.3 is 14.6 Å². The molecule has 0 radical (unpaired) electrons. The van der Waals surface area contributed by atoms with Crippen LogP contribution in [0.15, 0.2) is 41.3 Å². The van der Waals surface area contributed by atoms with Crippen LogP contribution in [0.2, 0.25) is 0 Å². The Morgan fingerprint density at radius 2 is 1.96 bits per heavy atom. The van der Waals surface area contributed by atoms with Crippen LogP contribution in [0.4, 0.5) is 10.6 Å². The third-order valence-corrected chi connectivity index (χ3v) is 2.94. The lowest BCUT2D eigenvalue weighted by molar-refractivity contribution is -0.137. The lowest BCUT2D eigenvalue weighted by Crippen LogP contribution is -2.27. The Labute approximate surface area is 136 Å². The molecule has 2 aromatic rings. The Kier molecular flexibility index (Phi) is 5.50. The van der Waals surface area contributed by atoms with Crippen molar-refractivity contribution < 1.29 is 24.2 Å². The smallest absolute Gasteiger partial charge is 0.413 e. The maximum atomic E-state index is 11.7. The third kappa shape index (κ3) is 4.83. The van der Waals surface area contributed by atoms with Crippen LogP contribution in [0.25, 0.3) is 0 Å². The molecule has 1 heterocycles. The van der Waals surface area contributed by atoms with E-state index in [2.05, 4.69) is 10.3 Å². The first-order valence-electron chi connectivity index (χ1n) is 6.84. The fourth-order valence-corrected chi connectivity index (χ4v) is 1.78. The highest BCUT2D eigenvalue weighted by molar-refractivity contribution is 5.83. The Bertz CT molecular complexity index is 785. The van der Waals surface area contributed by atoms with Gasteiger partial charge in [0.1, 0.15) is 24.7 Å². The van der Waals surface area contributed by atoms with Crippen molar-refractivity contribution in [1.82, 2.24) is 9.55 Å². The van der Waals surface area contributed by atoms with Gasteiger partial charge in [-0.1, -0.05) is 12.1 Å². The molecule has 2 rings (SSSR count). The summed E-state index contributed by atoms with van der Waals surface area (Å²) in [5.74, 6) is -0.505. The van der Waals surface area contributed by atoms with Gasteiger partial charge in [-0.15, -0.1) is 0 Å². The van der Waals surface area contributed by atoms with Crippen molar-refractivity contribution in [2.24, 2.45) is 0 Å². The number of hydrogen-bond donors (Lipinski definition) is 2. The number of amides is 1. The van der Waals surface area contributed by atoms with Crippen molar-refractivity contribution in [1.29, 1.82) is 0 Å². The number of ether oxygens (including phenoxy) is 2. The number of aliphatic carboxylic acids is 1. The van der Waals surface area contributed by atoms with Crippen LogP contribution in [0.1, 0.15) is 5.56 Å². The number of rotatable bonds is 6. The molecule has 0 spiro atoms. The minimum absolute atomic E-state index is 0.0265. The van der Waals surface area contributed by atoms with E-state index >= 15 is 0 Å². The standard InChI is InChI=1S/C15H15N3O6/c1-23-11-4-2-10(3-5-11)9-24-15(22)17-12-6-7-18(8-13(19)20)14(21)16-12/h2-7H,8-9H2,1H3,(H,19,20)(H,16,17,21,22). The normalized spacial score (nSPS) is 10.0. The van der Waals surface area contributed by atoms with Crippen molar-refractivity contribution in [3.8, 4) is 5.75 Å². The molecule has 0 fully saturated rings. The third-order valence-electron chi connectivity index (χ3n) is 2.94. The molecule has 0 saturated carbocycles. The number of nitrogens with zero attached hydrogens (tertiary/aromatic N) is 2. The van der Waals surface area contributed by atoms with E-state index in [0.29, 0.717) is 5.75 Å². The van der Waals surface area contributed by atoms with E-state index < -0.39 is 24.3 Å². The predicted octanol–water partition coefficient (Wildman–Crippen LogP) is 1.09. The molecule has 24 heavy (non-hydrogen) atoms. The number of carboxylic acids is 1. The Hall–Kier alpha value is -3.36. The second kappa shape index (κ2) is 7.77. The molecule has 1 aromatic heterocycles. The summed E-state index contributed by atoms with van der Waals surface area (Å²) in [6.45, 7) is -0.472. The van der Waals surface area contributed by atoms with Crippen LogP contribution < -0.4 is 15.7 Å². The first kappa shape index (κ1) is 17.0. The Morgan fingerprint density at radius 3 is 2.54 bits per heavy atom. The zero-order valence-corrected chi connectivity index (χ0v) is 12.8. The van der Waals surface area contributed by atoms with E-state index in [1.807, 2.05) is 0 Å². The predicted molar refractivity (Wildman–Crippen MR) is 82.9 cm³/mol. The van der Waals surface area contributed by atoms with Gasteiger partial charge in [-0.25, -0.2) is 9.59 Å². The number of carbonyl (C=O) groups excluding carboxylic acids is 1. The number of aromatic nitrogens is 2. The molecule has 0 saturated heterocycles. The molecule has 2 N–H and O–H groups in total. The maximum Gasteiger partial charge on any atom is 0.413 e. The summed E-state index contributed by atoms with van der Waals surface area (Å²) in [5.41, 5.74) is -0.0267. The molecule has 1 aromatic carbocycles. The SMILES string of the molecule is COc1ccc(COC(=O)Nc2ccn(CC(=O)O)c(=O)n2)cc1. The van der Waals surface area contributed by atoms with E-state index in [0.717, 1.165) is 10.1 Å². The fraction of sp³-hybridized carbons (Fsp3) is 0.200. The average Bonchev–Trinajstić information content (AvgIpc) is 2.55. The molecule has 0 atom stereocenters. The van der Waals surface area contributed by atoms with Crippen molar-refractivity contribution in [2.75, 3.05) is 12.4 Å². The second-order valence-corrected chi connectivity index (χ2v) is 4.67. The number of anilines is 1. The van der Waals surface area contributed by atoms with Crippen molar-refractivity contribution in [2.45, 2.75) is 13.2 Å². The average molecular weight is 333 g/mol. The van der Waals surface area contributed by atoms with E-state index in [-0.39, 0.29) is 12.4 Å². The summed E-state index contributed by atoms with van der Waals surface area (Å²) in [6.07, 6.45) is 0.441. The van der Waals surface area contributed by atoms with E-state index in [9.17, 15) is 14.4 Å². The molecule has 0 aliphatic carbocycles. The fourth-order valence-electron chi connectivity index (χ4n) is 1.78. The number of methoxy groups -OCH3 is 1. The molecular formula is C15H15N3O6.